The van der Waals surface area contributed by atoms with E-state index in [0.717, 1.165) is 5.56 Å². The van der Waals surface area contributed by atoms with Gasteiger partial charge in [0.15, 0.2) is 11.5 Å². The lowest BCUT2D eigenvalue weighted by atomic mass is 10.2. The Balaban J connectivity index is 2.17. The molecule has 2 N–H and O–H groups in total. The van der Waals surface area contributed by atoms with E-state index in [1.165, 1.54) is 0 Å². The summed E-state index contributed by atoms with van der Waals surface area (Å²) in [4.78, 5) is 0. The highest BCUT2D eigenvalue weighted by molar-refractivity contribution is 6.32. The van der Waals surface area contributed by atoms with E-state index in [9.17, 15) is 0 Å². The van der Waals surface area contributed by atoms with Gasteiger partial charge in [-0.25, -0.2) is 5.43 Å². The monoisotopic (exact) mass is 310 g/mol. The number of ether oxygens (including phenoxy) is 2. The third kappa shape index (κ3) is 4.06. The summed E-state index contributed by atoms with van der Waals surface area (Å²) >= 11 is 6.20. The number of hydrogen-bond donors (Lipinski definition) is 2. The van der Waals surface area contributed by atoms with Crippen LogP contribution in [0.4, 0.5) is 5.95 Å². The number of benzene rings is 1. The first-order chi connectivity index (χ1) is 10.2. The number of aromatic amines is 1. The molecule has 0 bridgehead atoms. The van der Waals surface area contributed by atoms with Crippen LogP contribution in [0.3, 0.4) is 0 Å². The summed E-state index contributed by atoms with van der Waals surface area (Å²) in [5, 5.41) is 17.6. The second-order valence-electron chi connectivity index (χ2n) is 3.80. The summed E-state index contributed by atoms with van der Waals surface area (Å²) in [5.74, 6) is 1.38. The average Bonchev–Trinajstić information content (AvgIpc) is 2.96. The summed E-state index contributed by atoms with van der Waals surface area (Å²) < 4.78 is 11.0. The van der Waals surface area contributed by atoms with Gasteiger partial charge >= 0.3 is 0 Å². The van der Waals surface area contributed by atoms with E-state index < -0.39 is 0 Å². The first-order valence-electron chi connectivity index (χ1n) is 6.36. The van der Waals surface area contributed by atoms with Crippen molar-refractivity contribution in [1.29, 1.82) is 0 Å². The van der Waals surface area contributed by atoms with Gasteiger partial charge < -0.3 is 9.47 Å². The summed E-state index contributed by atoms with van der Waals surface area (Å²) in [5.41, 5.74) is 3.37. The van der Waals surface area contributed by atoms with Crippen LogP contribution >= 0.6 is 11.6 Å². The van der Waals surface area contributed by atoms with E-state index in [1.807, 2.05) is 13.8 Å². The molecule has 0 fully saturated rings. The molecule has 1 heterocycles. The van der Waals surface area contributed by atoms with Gasteiger partial charge in [0.2, 0.25) is 0 Å². The van der Waals surface area contributed by atoms with Crippen molar-refractivity contribution in [3.63, 3.8) is 0 Å². The fourth-order valence-corrected chi connectivity index (χ4v) is 1.86. The number of hydrogen-bond acceptors (Lipinski definition) is 7. The predicted octanol–water partition coefficient (Wildman–Crippen LogP) is 2.10. The minimum atomic E-state index is 0.272. The van der Waals surface area contributed by atoms with Gasteiger partial charge in [-0.15, -0.1) is 5.10 Å². The molecule has 21 heavy (non-hydrogen) atoms. The summed E-state index contributed by atoms with van der Waals surface area (Å²) in [7, 11) is 0. The van der Waals surface area contributed by atoms with Crippen LogP contribution in [0.5, 0.6) is 11.5 Å². The van der Waals surface area contributed by atoms with Crippen molar-refractivity contribution >= 4 is 23.8 Å². The predicted molar refractivity (Wildman–Crippen MR) is 79.2 cm³/mol. The fraction of sp³-hybridized carbons (Fsp3) is 0.333. The Morgan fingerprint density at radius 3 is 2.81 bits per heavy atom. The van der Waals surface area contributed by atoms with Crippen LogP contribution in [0.2, 0.25) is 5.02 Å². The largest absolute Gasteiger partial charge is 0.490 e. The number of rotatable bonds is 7. The van der Waals surface area contributed by atoms with Crippen molar-refractivity contribution in [2.75, 3.05) is 18.6 Å². The van der Waals surface area contributed by atoms with E-state index in [-0.39, 0.29) is 5.95 Å². The SMILES string of the molecule is CCOc1cc(/C=N\Nc2nn[nH]n2)cc(Cl)c1OCC. The molecular formula is C12H15ClN6O2. The molecule has 0 saturated carbocycles. The van der Waals surface area contributed by atoms with Gasteiger partial charge in [0.05, 0.1) is 24.5 Å². The quantitative estimate of drug-likeness (QED) is 0.600. The Morgan fingerprint density at radius 1 is 1.33 bits per heavy atom. The van der Waals surface area contributed by atoms with Gasteiger partial charge in [0, 0.05) is 0 Å². The molecule has 0 aliphatic carbocycles. The standard InChI is InChI=1S/C12H15ClN6O2/c1-3-20-10-6-8(5-9(13)11(10)21-4-2)7-14-15-12-16-18-19-17-12/h5-7H,3-4H2,1-2H3,(H2,15,16,17,18,19)/b14-7-. The summed E-state index contributed by atoms with van der Waals surface area (Å²) in [6.45, 7) is 4.79. The third-order valence-electron chi connectivity index (χ3n) is 2.34. The number of halogens is 1. The highest BCUT2D eigenvalue weighted by Gasteiger charge is 2.11. The van der Waals surface area contributed by atoms with Crippen molar-refractivity contribution in [1.82, 2.24) is 20.6 Å². The fourth-order valence-electron chi connectivity index (χ4n) is 1.58. The molecule has 0 aliphatic heterocycles. The van der Waals surface area contributed by atoms with E-state index in [4.69, 9.17) is 21.1 Å². The van der Waals surface area contributed by atoms with Crippen LogP contribution in [-0.2, 0) is 0 Å². The van der Waals surface area contributed by atoms with Gasteiger partial charge in [0.25, 0.3) is 5.95 Å². The first kappa shape index (κ1) is 15.0. The molecule has 1 aromatic heterocycles. The minimum Gasteiger partial charge on any atom is -0.490 e. The molecular weight excluding hydrogens is 296 g/mol. The molecule has 8 nitrogen and oxygen atoms in total. The molecule has 0 saturated heterocycles. The maximum atomic E-state index is 6.20. The van der Waals surface area contributed by atoms with Crippen molar-refractivity contribution in [3.8, 4) is 11.5 Å². The number of nitrogens with one attached hydrogen (secondary N) is 2. The minimum absolute atomic E-state index is 0.272. The highest BCUT2D eigenvalue weighted by Crippen LogP contribution is 2.36. The number of H-pyrrole nitrogens is 1. The number of anilines is 1. The molecule has 2 aromatic rings. The van der Waals surface area contributed by atoms with E-state index in [2.05, 4.69) is 31.2 Å². The Labute approximate surface area is 126 Å². The highest BCUT2D eigenvalue weighted by atomic mass is 35.5. The topological polar surface area (TPSA) is 97.3 Å². The van der Waals surface area contributed by atoms with Crippen molar-refractivity contribution < 1.29 is 9.47 Å². The van der Waals surface area contributed by atoms with Gasteiger partial charge in [-0.1, -0.05) is 16.7 Å². The van der Waals surface area contributed by atoms with Crippen molar-refractivity contribution in [2.24, 2.45) is 5.10 Å². The Bertz CT molecular complexity index is 602. The smallest absolute Gasteiger partial charge is 0.283 e. The van der Waals surface area contributed by atoms with Crippen LogP contribution in [-0.4, -0.2) is 40.1 Å². The summed E-state index contributed by atoms with van der Waals surface area (Å²) in [6, 6.07) is 3.53. The molecule has 0 unspecified atom stereocenters. The number of tetrazole rings is 1. The van der Waals surface area contributed by atoms with Gasteiger partial charge in [-0.05, 0) is 36.8 Å². The number of hydrazone groups is 1. The normalized spacial score (nSPS) is 10.8. The molecule has 2 rings (SSSR count). The Hall–Kier alpha value is -2.35. The second-order valence-corrected chi connectivity index (χ2v) is 4.21. The first-order valence-corrected chi connectivity index (χ1v) is 6.74. The lowest BCUT2D eigenvalue weighted by Crippen LogP contribution is -2.00. The van der Waals surface area contributed by atoms with Gasteiger partial charge in [0.1, 0.15) is 0 Å². The lowest BCUT2D eigenvalue weighted by Gasteiger charge is -2.13. The number of nitrogens with zero attached hydrogens (tertiary/aromatic N) is 4. The van der Waals surface area contributed by atoms with Crippen LogP contribution in [0.25, 0.3) is 0 Å². The molecule has 9 heteroatoms. The summed E-state index contributed by atoms with van der Waals surface area (Å²) in [6.07, 6.45) is 1.57. The lowest BCUT2D eigenvalue weighted by molar-refractivity contribution is 0.288. The zero-order valence-electron chi connectivity index (χ0n) is 11.6. The van der Waals surface area contributed by atoms with Crippen molar-refractivity contribution in [3.05, 3.63) is 22.7 Å². The zero-order chi connectivity index (χ0) is 15.1. The third-order valence-corrected chi connectivity index (χ3v) is 2.62. The van der Waals surface area contributed by atoms with Crippen molar-refractivity contribution in [2.45, 2.75) is 13.8 Å². The zero-order valence-corrected chi connectivity index (χ0v) is 12.4. The van der Waals surface area contributed by atoms with E-state index >= 15 is 0 Å². The van der Waals surface area contributed by atoms with E-state index in [1.54, 1.807) is 18.3 Å². The Kier molecular flexibility index (Phi) is 5.33. The van der Waals surface area contributed by atoms with Gasteiger partial charge in [-0.2, -0.15) is 10.3 Å². The number of aromatic nitrogens is 4. The second kappa shape index (κ2) is 7.44. The maximum Gasteiger partial charge on any atom is 0.283 e. The maximum absolute atomic E-state index is 6.20. The molecule has 112 valence electrons. The Morgan fingerprint density at radius 2 is 2.14 bits per heavy atom. The van der Waals surface area contributed by atoms with Crippen LogP contribution in [0, 0.1) is 0 Å². The van der Waals surface area contributed by atoms with E-state index in [0.29, 0.717) is 29.7 Å². The van der Waals surface area contributed by atoms with Crippen LogP contribution < -0.4 is 14.9 Å². The molecule has 0 amide bonds. The van der Waals surface area contributed by atoms with Crippen LogP contribution in [0.1, 0.15) is 19.4 Å². The average molecular weight is 311 g/mol. The van der Waals surface area contributed by atoms with Gasteiger partial charge in [-0.3, -0.25) is 0 Å². The molecule has 1 aromatic carbocycles. The van der Waals surface area contributed by atoms with Crippen LogP contribution in [0.15, 0.2) is 17.2 Å². The molecule has 0 radical (unpaired) electrons. The molecule has 0 aliphatic rings. The molecule has 0 spiro atoms. The molecule has 0 atom stereocenters.